The molecule has 0 amide bonds. The summed E-state index contributed by atoms with van der Waals surface area (Å²) in [4.78, 5) is 16.7. The topological polar surface area (TPSA) is 50.2 Å². The molecule has 0 unspecified atom stereocenters. The molecule has 0 aliphatic carbocycles. The Bertz CT molecular complexity index is 490. The number of aromatic carboxylic acids is 1. The maximum Gasteiger partial charge on any atom is 0.347 e. The third-order valence-electron chi connectivity index (χ3n) is 1.89. The zero-order valence-corrected chi connectivity index (χ0v) is 10.9. The van der Waals surface area contributed by atoms with Crippen molar-refractivity contribution in [3.05, 3.63) is 33.0 Å². The first-order valence-corrected chi connectivity index (χ1v) is 7.21. The zero-order valence-electron chi connectivity index (χ0n) is 8.47. The van der Waals surface area contributed by atoms with Gasteiger partial charge in [0.15, 0.2) is 4.34 Å². The standard InChI is InChI=1S/C10H9NO2S3/c1-6-8(9(12)13)16-10(11-6)15-5-7-3-2-4-14-7/h2-4H,5H2,1H3,(H,12,13). The van der Waals surface area contributed by atoms with Crippen molar-refractivity contribution in [2.45, 2.75) is 17.0 Å². The number of hydrogen-bond donors (Lipinski definition) is 1. The highest BCUT2D eigenvalue weighted by Gasteiger charge is 2.14. The first kappa shape index (κ1) is 11.6. The van der Waals surface area contributed by atoms with Crippen LogP contribution in [0.3, 0.4) is 0 Å². The minimum absolute atomic E-state index is 0.341. The fourth-order valence-corrected chi connectivity index (χ4v) is 3.96. The Morgan fingerprint density at radius 1 is 1.62 bits per heavy atom. The summed E-state index contributed by atoms with van der Waals surface area (Å²) in [5, 5.41) is 10.9. The smallest absolute Gasteiger partial charge is 0.347 e. The van der Waals surface area contributed by atoms with E-state index < -0.39 is 5.97 Å². The van der Waals surface area contributed by atoms with Gasteiger partial charge in [-0.25, -0.2) is 9.78 Å². The third kappa shape index (κ3) is 2.63. The molecule has 0 aliphatic rings. The van der Waals surface area contributed by atoms with Crippen LogP contribution in [-0.2, 0) is 5.75 Å². The van der Waals surface area contributed by atoms with E-state index in [1.54, 1.807) is 30.0 Å². The van der Waals surface area contributed by atoms with Crippen molar-refractivity contribution < 1.29 is 9.90 Å². The summed E-state index contributed by atoms with van der Waals surface area (Å²) in [5.74, 6) is -0.0399. The lowest BCUT2D eigenvalue weighted by molar-refractivity contribution is 0.0701. The SMILES string of the molecule is Cc1nc(SCc2cccs2)sc1C(=O)O. The number of nitrogens with zero attached hydrogens (tertiary/aromatic N) is 1. The van der Waals surface area contributed by atoms with Gasteiger partial charge in [-0.1, -0.05) is 17.8 Å². The van der Waals surface area contributed by atoms with Crippen LogP contribution in [0.2, 0.25) is 0 Å². The average molecular weight is 271 g/mol. The van der Waals surface area contributed by atoms with Crippen LogP contribution >= 0.6 is 34.4 Å². The molecule has 0 bridgehead atoms. The number of thioether (sulfide) groups is 1. The van der Waals surface area contributed by atoms with Crippen LogP contribution in [0.5, 0.6) is 0 Å². The van der Waals surface area contributed by atoms with Crippen LogP contribution in [-0.4, -0.2) is 16.1 Å². The molecule has 0 spiro atoms. The Labute approximate surface area is 105 Å². The van der Waals surface area contributed by atoms with Crippen LogP contribution < -0.4 is 0 Å². The molecule has 2 aromatic rings. The summed E-state index contributed by atoms with van der Waals surface area (Å²) in [5.41, 5.74) is 0.603. The maximum atomic E-state index is 10.8. The molecule has 0 aromatic carbocycles. The van der Waals surface area contributed by atoms with E-state index >= 15 is 0 Å². The van der Waals surface area contributed by atoms with Gasteiger partial charge >= 0.3 is 5.97 Å². The van der Waals surface area contributed by atoms with Gasteiger partial charge in [-0.15, -0.1) is 22.7 Å². The average Bonchev–Trinajstić information content (AvgIpc) is 2.83. The maximum absolute atomic E-state index is 10.8. The summed E-state index contributed by atoms with van der Waals surface area (Å²) in [6, 6.07) is 4.08. The predicted molar refractivity (Wildman–Crippen MR) is 67.7 cm³/mol. The minimum Gasteiger partial charge on any atom is -0.477 e. The fraction of sp³-hybridized carbons (Fsp3) is 0.200. The van der Waals surface area contributed by atoms with Crippen molar-refractivity contribution in [2.75, 3.05) is 0 Å². The summed E-state index contributed by atoms with van der Waals surface area (Å²) in [6.07, 6.45) is 0. The Hall–Kier alpha value is -0.850. The van der Waals surface area contributed by atoms with Gasteiger partial charge in [0, 0.05) is 10.6 Å². The van der Waals surface area contributed by atoms with Crippen molar-refractivity contribution >= 4 is 40.4 Å². The third-order valence-corrected chi connectivity index (χ3v) is 5.29. The largest absolute Gasteiger partial charge is 0.477 e. The molecule has 3 nitrogen and oxygen atoms in total. The van der Waals surface area contributed by atoms with Gasteiger partial charge in [0.1, 0.15) is 4.88 Å². The van der Waals surface area contributed by atoms with Crippen LogP contribution in [0.1, 0.15) is 20.2 Å². The van der Waals surface area contributed by atoms with E-state index in [1.807, 2.05) is 11.4 Å². The fourth-order valence-electron chi connectivity index (χ4n) is 1.16. The molecule has 6 heteroatoms. The lowest BCUT2D eigenvalue weighted by Crippen LogP contribution is -1.94. The number of thiophene rings is 1. The van der Waals surface area contributed by atoms with Gasteiger partial charge in [-0.2, -0.15) is 0 Å². The van der Waals surface area contributed by atoms with E-state index in [-0.39, 0.29) is 0 Å². The highest BCUT2D eigenvalue weighted by Crippen LogP contribution is 2.30. The second-order valence-corrected chi connectivity index (χ2v) is 6.32. The normalized spacial score (nSPS) is 10.6. The van der Waals surface area contributed by atoms with Crippen molar-refractivity contribution in [3.63, 3.8) is 0 Å². The van der Waals surface area contributed by atoms with Gasteiger partial charge < -0.3 is 5.11 Å². The monoisotopic (exact) mass is 271 g/mol. The number of aryl methyl sites for hydroxylation is 1. The highest BCUT2D eigenvalue weighted by molar-refractivity contribution is 8.00. The van der Waals surface area contributed by atoms with E-state index in [9.17, 15) is 4.79 Å². The molecule has 2 aromatic heterocycles. The number of carbonyl (C=O) groups is 1. The quantitative estimate of drug-likeness (QED) is 0.865. The Morgan fingerprint density at radius 3 is 3.00 bits per heavy atom. The predicted octanol–water partition coefficient (Wildman–Crippen LogP) is 3.50. The van der Waals surface area contributed by atoms with Crippen LogP contribution in [0.4, 0.5) is 0 Å². The van der Waals surface area contributed by atoms with Gasteiger partial charge in [-0.05, 0) is 18.4 Å². The van der Waals surface area contributed by atoms with Gasteiger partial charge in [0.25, 0.3) is 0 Å². The molecule has 1 N–H and O–H groups in total. The zero-order chi connectivity index (χ0) is 11.5. The number of carboxylic acids is 1. The molecule has 2 heterocycles. The van der Waals surface area contributed by atoms with Gasteiger partial charge in [0.2, 0.25) is 0 Å². The molecular formula is C10H9NO2S3. The highest BCUT2D eigenvalue weighted by atomic mass is 32.2. The van der Waals surface area contributed by atoms with Crippen LogP contribution in [0.15, 0.2) is 21.9 Å². The number of aromatic nitrogens is 1. The number of thiazole rings is 1. The second-order valence-electron chi connectivity index (χ2n) is 3.07. The van der Waals surface area contributed by atoms with E-state index in [1.165, 1.54) is 16.2 Å². The van der Waals surface area contributed by atoms with Crippen molar-refractivity contribution in [2.24, 2.45) is 0 Å². The number of carboxylic acid groups (broad SMARTS) is 1. The summed E-state index contributed by atoms with van der Waals surface area (Å²) < 4.78 is 0.823. The minimum atomic E-state index is -0.891. The molecule has 2 rings (SSSR count). The summed E-state index contributed by atoms with van der Waals surface area (Å²) in [7, 11) is 0. The first-order valence-electron chi connectivity index (χ1n) is 4.52. The van der Waals surface area contributed by atoms with E-state index in [0.717, 1.165) is 10.1 Å². The second kappa shape index (κ2) is 4.99. The molecule has 0 saturated heterocycles. The van der Waals surface area contributed by atoms with E-state index in [2.05, 4.69) is 11.1 Å². The Morgan fingerprint density at radius 2 is 2.44 bits per heavy atom. The Kier molecular flexibility index (Phi) is 3.63. The molecular weight excluding hydrogens is 262 g/mol. The first-order chi connectivity index (χ1) is 7.66. The molecule has 0 atom stereocenters. The molecule has 0 radical (unpaired) electrons. The number of rotatable bonds is 4. The van der Waals surface area contributed by atoms with Gasteiger partial charge in [-0.3, -0.25) is 0 Å². The lowest BCUT2D eigenvalue weighted by Gasteiger charge is -1.92. The van der Waals surface area contributed by atoms with Crippen LogP contribution in [0, 0.1) is 6.92 Å². The van der Waals surface area contributed by atoms with Crippen molar-refractivity contribution in [1.29, 1.82) is 0 Å². The van der Waals surface area contributed by atoms with Crippen LogP contribution in [0.25, 0.3) is 0 Å². The summed E-state index contributed by atoms with van der Waals surface area (Å²) in [6.45, 7) is 1.73. The Balaban J connectivity index is 2.05. The molecule has 84 valence electrons. The molecule has 0 aliphatic heterocycles. The molecule has 0 fully saturated rings. The molecule has 16 heavy (non-hydrogen) atoms. The van der Waals surface area contributed by atoms with Crippen molar-refractivity contribution in [1.82, 2.24) is 4.98 Å². The van der Waals surface area contributed by atoms with E-state index in [4.69, 9.17) is 5.11 Å². The van der Waals surface area contributed by atoms with E-state index in [0.29, 0.717) is 10.6 Å². The lowest BCUT2D eigenvalue weighted by atomic mass is 10.4. The van der Waals surface area contributed by atoms with Gasteiger partial charge in [0.05, 0.1) is 5.69 Å². The molecule has 0 saturated carbocycles. The van der Waals surface area contributed by atoms with Crippen molar-refractivity contribution in [3.8, 4) is 0 Å². The summed E-state index contributed by atoms with van der Waals surface area (Å²) >= 11 is 4.53. The number of hydrogen-bond acceptors (Lipinski definition) is 5.